The summed E-state index contributed by atoms with van der Waals surface area (Å²) in [6, 6.07) is 14.0. The van der Waals surface area contributed by atoms with Crippen molar-refractivity contribution in [3.63, 3.8) is 0 Å². The number of hydrogen-bond acceptors (Lipinski definition) is 2. The Kier molecular flexibility index (Phi) is 5.39. The van der Waals surface area contributed by atoms with Gasteiger partial charge in [0.15, 0.2) is 0 Å². The van der Waals surface area contributed by atoms with Gasteiger partial charge in [0.25, 0.3) is 5.91 Å². The SMILES string of the molecule is O=C(Nc1ccccc1Cl)c1ccc(C#CCCO)cc1. The van der Waals surface area contributed by atoms with Gasteiger partial charge in [0.1, 0.15) is 0 Å². The first-order chi connectivity index (χ1) is 10.2. The molecule has 0 fully saturated rings. The van der Waals surface area contributed by atoms with Crippen molar-refractivity contribution in [2.24, 2.45) is 0 Å². The Bertz CT molecular complexity index is 684. The molecule has 0 saturated heterocycles. The van der Waals surface area contributed by atoms with Crippen LogP contribution >= 0.6 is 11.6 Å². The molecule has 2 aromatic rings. The zero-order valence-electron chi connectivity index (χ0n) is 11.3. The van der Waals surface area contributed by atoms with Gasteiger partial charge in [-0.15, -0.1) is 0 Å². The summed E-state index contributed by atoms with van der Waals surface area (Å²) in [4.78, 5) is 12.1. The van der Waals surface area contributed by atoms with Crippen LogP contribution in [0.15, 0.2) is 48.5 Å². The van der Waals surface area contributed by atoms with Crippen molar-refractivity contribution >= 4 is 23.2 Å². The zero-order valence-corrected chi connectivity index (χ0v) is 12.0. The molecule has 0 bridgehead atoms. The highest BCUT2D eigenvalue weighted by atomic mass is 35.5. The van der Waals surface area contributed by atoms with E-state index in [1.165, 1.54) is 0 Å². The van der Waals surface area contributed by atoms with Gasteiger partial charge in [-0.1, -0.05) is 35.6 Å². The predicted octanol–water partition coefficient (Wildman–Crippen LogP) is 3.33. The molecule has 0 aliphatic rings. The molecule has 0 heterocycles. The second-order valence-electron chi connectivity index (χ2n) is 4.29. The number of aliphatic hydroxyl groups excluding tert-OH is 1. The Hall–Kier alpha value is -2.28. The van der Waals surface area contributed by atoms with E-state index in [0.717, 1.165) is 5.56 Å². The molecule has 4 heteroatoms. The van der Waals surface area contributed by atoms with Crippen LogP contribution in [0.2, 0.25) is 5.02 Å². The summed E-state index contributed by atoms with van der Waals surface area (Å²) < 4.78 is 0. The lowest BCUT2D eigenvalue weighted by Gasteiger charge is -2.06. The van der Waals surface area contributed by atoms with E-state index >= 15 is 0 Å². The normalized spacial score (nSPS) is 9.62. The number of aliphatic hydroxyl groups is 1. The molecule has 0 spiro atoms. The zero-order chi connectivity index (χ0) is 15.1. The Morgan fingerprint density at radius 3 is 2.52 bits per heavy atom. The fourth-order valence-electron chi connectivity index (χ4n) is 1.68. The summed E-state index contributed by atoms with van der Waals surface area (Å²) >= 11 is 6.00. The molecule has 2 aromatic carbocycles. The molecule has 21 heavy (non-hydrogen) atoms. The van der Waals surface area contributed by atoms with Crippen molar-refractivity contribution in [1.82, 2.24) is 0 Å². The van der Waals surface area contributed by atoms with E-state index in [9.17, 15) is 4.79 Å². The largest absolute Gasteiger partial charge is 0.395 e. The average molecular weight is 300 g/mol. The van der Waals surface area contributed by atoms with Gasteiger partial charge in [0, 0.05) is 17.5 Å². The fourth-order valence-corrected chi connectivity index (χ4v) is 1.87. The minimum absolute atomic E-state index is 0.0469. The molecule has 0 unspecified atom stereocenters. The van der Waals surface area contributed by atoms with Crippen molar-refractivity contribution in [3.8, 4) is 11.8 Å². The quantitative estimate of drug-likeness (QED) is 0.854. The number of nitrogens with one attached hydrogen (secondary N) is 1. The van der Waals surface area contributed by atoms with Gasteiger partial charge < -0.3 is 10.4 Å². The molecular weight excluding hydrogens is 286 g/mol. The van der Waals surface area contributed by atoms with Gasteiger partial charge >= 0.3 is 0 Å². The molecule has 106 valence electrons. The van der Waals surface area contributed by atoms with Crippen LogP contribution in [0.1, 0.15) is 22.3 Å². The summed E-state index contributed by atoms with van der Waals surface area (Å²) in [5.74, 6) is 5.51. The molecule has 0 aliphatic carbocycles. The van der Waals surface area contributed by atoms with Gasteiger partial charge in [-0.2, -0.15) is 0 Å². The van der Waals surface area contributed by atoms with Gasteiger partial charge in [-0.05, 0) is 36.4 Å². The van der Waals surface area contributed by atoms with Crippen molar-refractivity contribution < 1.29 is 9.90 Å². The van der Waals surface area contributed by atoms with Crippen molar-refractivity contribution in [2.75, 3.05) is 11.9 Å². The van der Waals surface area contributed by atoms with Gasteiger partial charge in [0.2, 0.25) is 0 Å². The Labute approximate surface area is 128 Å². The third kappa shape index (κ3) is 4.35. The van der Waals surface area contributed by atoms with Crippen molar-refractivity contribution in [2.45, 2.75) is 6.42 Å². The van der Waals surface area contributed by atoms with Crippen LogP contribution < -0.4 is 5.32 Å². The predicted molar refractivity (Wildman–Crippen MR) is 84.4 cm³/mol. The maximum Gasteiger partial charge on any atom is 0.255 e. The molecule has 3 nitrogen and oxygen atoms in total. The number of benzene rings is 2. The van der Waals surface area contributed by atoms with E-state index in [1.807, 2.05) is 0 Å². The number of hydrogen-bond donors (Lipinski definition) is 2. The number of rotatable bonds is 3. The summed E-state index contributed by atoms with van der Waals surface area (Å²) in [7, 11) is 0. The lowest BCUT2D eigenvalue weighted by atomic mass is 10.1. The van der Waals surface area contributed by atoms with Crippen LogP contribution in [0.25, 0.3) is 0 Å². The third-order valence-corrected chi connectivity index (χ3v) is 3.07. The first-order valence-electron chi connectivity index (χ1n) is 6.46. The molecule has 2 N–H and O–H groups in total. The first kappa shape index (κ1) is 15.1. The Morgan fingerprint density at radius 2 is 1.86 bits per heavy atom. The van der Waals surface area contributed by atoms with E-state index in [1.54, 1.807) is 48.5 Å². The number of halogens is 1. The number of amides is 1. The minimum atomic E-state index is -0.224. The van der Waals surface area contributed by atoms with Crippen molar-refractivity contribution in [1.29, 1.82) is 0 Å². The number of anilines is 1. The van der Waals surface area contributed by atoms with E-state index < -0.39 is 0 Å². The number of carbonyl (C=O) groups excluding carboxylic acids is 1. The molecule has 0 saturated carbocycles. The second-order valence-corrected chi connectivity index (χ2v) is 4.69. The molecule has 0 atom stereocenters. The van der Waals surface area contributed by atoms with Gasteiger partial charge in [-0.3, -0.25) is 4.79 Å². The highest BCUT2D eigenvalue weighted by Crippen LogP contribution is 2.21. The summed E-state index contributed by atoms with van der Waals surface area (Å²) in [5, 5.41) is 11.9. The lowest BCUT2D eigenvalue weighted by Crippen LogP contribution is -2.12. The first-order valence-corrected chi connectivity index (χ1v) is 6.84. The summed E-state index contributed by atoms with van der Waals surface area (Å²) in [6.07, 6.45) is 0.439. The van der Waals surface area contributed by atoms with Crippen molar-refractivity contribution in [3.05, 3.63) is 64.7 Å². The Balaban J connectivity index is 2.07. The summed E-state index contributed by atoms with van der Waals surface area (Å²) in [5.41, 5.74) is 1.91. The van der Waals surface area contributed by atoms with E-state index in [4.69, 9.17) is 16.7 Å². The Morgan fingerprint density at radius 1 is 1.14 bits per heavy atom. The van der Waals surface area contributed by atoms with Crippen LogP contribution in [0, 0.1) is 11.8 Å². The fraction of sp³-hybridized carbons (Fsp3) is 0.118. The van der Waals surface area contributed by atoms with Gasteiger partial charge in [0.05, 0.1) is 17.3 Å². The minimum Gasteiger partial charge on any atom is -0.395 e. The van der Waals surface area contributed by atoms with E-state index in [2.05, 4.69) is 17.2 Å². The van der Waals surface area contributed by atoms with Crippen LogP contribution in [-0.4, -0.2) is 17.6 Å². The molecule has 0 radical (unpaired) electrons. The highest BCUT2D eigenvalue weighted by molar-refractivity contribution is 6.33. The third-order valence-electron chi connectivity index (χ3n) is 2.74. The van der Waals surface area contributed by atoms with E-state index in [-0.39, 0.29) is 12.5 Å². The number of carbonyl (C=O) groups is 1. The molecule has 0 aromatic heterocycles. The monoisotopic (exact) mass is 299 g/mol. The van der Waals surface area contributed by atoms with Crippen LogP contribution in [0.3, 0.4) is 0 Å². The standard InChI is InChI=1S/C17H14ClNO2/c18-15-6-1-2-7-16(15)19-17(21)14-10-8-13(9-11-14)5-3-4-12-20/h1-2,6-11,20H,4,12H2,(H,19,21). The second kappa shape index (κ2) is 7.49. The maximum absolute atomic E-state index is 12.1. The van der Waals surface area contributed by atoms with Crippen LogP contribution in [-0.2, 0) is 0 Å². The summed E-state index contributed by atoms with van der Waals surface area (Å²) in [6.45, 7) is 0.0469. The average Bonchev–Trinajstić information content (AvgIpc) is 2.50. The highest BCUT2D eigenvalue weighted by Gasteiger charge is 2.07. The molecular formula is C17H14ClNO2. The lowest BCUT2D eigenvalue weighted by molar-refractivity contribution is 0.102. The number of para-hydroxylation sites is 1. The van der Waals surface area contributed by atoms with Crippen LogP contribution in [0.4, 0.5) is 5.69 Å². The molecule has 2 rings (SSSR count). The smallest absolute Gasteiger partial charge is 0.255 e. The van der Waals surface area contributed by atoms with Crippen LogP contribution in [0.5, 0.6) is 0 Å². The van der Waals surface area contributed by atoms with Gasteiger partial charge in [-0.25, -0.2) is 0 Å². The van der Waals surface area contributed by atoms with E-state index in [0.29, 0.717) is 22.7 Å². The molecule has 1 amide bonds. The maximum atomic E-state index is 12.1. The topological polar surface area (TPSA) is 49.3 Å². The molecule has 0 aliphatic heterocycles.